The van der Waals surface area contributed by atoms with Gasteiger partial charge in [-0.2, -0.15) is 0 Å². The normalized spacial score (nSPS) is 10.2. The Balaban J connectivity index is 1.65. The summed E-state index contributed by atoms with van der Waals surface area (Å²) in [6.07, 6.45) is 3.47. The van der Waals surface area contributed by atoms with Gasteiger partial charge in [0.2, 0.25) is 0 Å². The van der Waals surface area contributed by atoms with Crippen molar-refractivity contribution in [3.63, 3.8) is 0 Å². The molecule has 1 amide bonds. The van der Waals surface area contributed by atoms with Gasteiger partial charge in [-0.15, -0.1) is 0 Å². The van der Waals surface area contributed by atoms with Crippen LogP contribution in [0.5, 0.6) is 5.75 Å². The van der Waals surface area contributed by atoms with Crippen molar-refractivity contribution in [3.05, 3.63) is 48.4 Å². The summed E-state index contributed by atoms with van der Waals surface area (Å²) in [5, 5.41) is 2.68. The summed E-state index contributed by atoms with van der Waals surface area (Å²) < 4.78 is 22.6. The van der Waals surface area contributed by atoms with Gasteiger partial charge in [0.1, 0.15) is 17.8 Å². The fourth-order valence-corrected chi connectivity index (χ4v) is 1.42. The molecular formula is C13H13FN2O3. The van der Waals surface area contributed by atoms with Crippen LogP contribution in [-0.4, -0.2) is 24.0 Å². The largest absolute Gasteiger partial charge is 0.484 e. The predicted octanol–water partition coefficient (Wildman–Crippen LogP) is 1.55. The van der Waals surface area contributed by atoms with Crippen LogP contribution in [0.1, 0.15) is 5.69 Å². The summed E-state index contributed by atoms with van der Waals surface area (Å²) in [6, 6.07) is 5.49. The summed E-state index contributed by atoms with van der Waals surface area (Å²) >= 11 is 0. The number of hydrogen-bond donors (Lipinski definition) is 1. The molecule has 1 N–H and O–H groups in total. The van der Waals surface area contributed by atoms with Crippen molar-refractivity contribution in [1.82, 2.24) is 10.3 Å². The number of rotatable bonds is 6. The number of oxazole rings is 1. The van der Waals surface area contributed by atoms with Gasteiger partial charge in [-0.25, -0.2) is 9.37 Å². The molecule has 0 aliphatic rings. The molecule has 0 saturated carbocycles. The van der Waals surface area contributed by atoms with E-state index in [9.17, 15) is 9.18 Å². The van der Waals surface area contributed by atoms with Crippen molar-refractivity contribution in [1.29, 1.82) is 0 Å². The molecule has 0 fully saturated rings. The van der Waals surface area contributed by atoms with Gasteiger partial charge in [-0.05, 0) is 24.3 Å². The van der Waals surface area contributed by atoms with Gasteiger partial charge in [0.05, 0.1) is 5.69 Å². The average molecular weight is 264 g/mol. The molecule has 0 atom stereocenters. The highest BCUT2D eigenvalue weighted by molar-refractivity contribution is 5.77. The zero-order valence-corrected chi connectivity index (χ0v) is 10.1. The fraction of sp³-hybridized carbons (Fsp3) is 0.231. The highest BCUT2D eigenvalue weighted by Crippen LogP contribution is 2.10. The number of amides is 1. The molecule has 0 spiro atoms. The predicted molar refractivity (Wildman–Crippen MR) is 65.1 cm³/mol. The van der Waals surface area contributed by atoms with Crippen molar-refractivity contribution in [2.45, 2.75) is 6.42 Å². The molecule has 0 bridgehead atoms. The molecule has 2 rings (SSSR count). The van der Waals surface area contributed by atoms with Crippen LogP contribution in [0.2, 0.25) is 0 Å². The Labute approximate surface area is 109 Å². The van der Waals surface area contributed by atoms with Crippen LogP contribution in [0.15, 0.2) is 41.3 Å². The lowest BCUT2D eigenvalue weighted by molar-refractivity contribution is -0.123. The third-order valence-electron chi connectivity index (χ3n) is 2.37. The summed E-state index contributed by atoms with van der Waals surface area (Å²) in [6.45, 7) is 0.350. The van der Waals surface area contributed by atoms with Crippen molar-refractivity contribution in [2.75, 3.05) is 13.2 Å². The third kappa shape index (κ3) is 4.42. The molecule has 0 unspecified atom stereocenters. The molecule has 1 aromatic heterocycles. The van der Waals surface area contributed by atoms with Crippen molar-refractivity contribution >= 4 is 5.91 Å². The number of halogens is 1. The third-order valence-corrected chi connectivity index (χ3v) is 2.37. The SMILES string of the molecule is O=C(COc1ccc(F)cc1)NCCc1cocn1. The Morgan fingerprint density at radius 2 is 2.16 bits per heavy atom. The van der Waals surface area contributed by atoms with Gasteiger partial charge in [-0.1, -0.05) is 0 Å². The number of nitrogens with zero attached hydrogens (tertiary/aromatic N) is 1. The summed E-state index contributed by atoms with van der Waals surface area (Å²) in [5.41, 5.74) is 0.778. The van der Waals surface area contributed by atoms with Crippen molar-refractivity contribution in [2.24, 2.45) is 0 Å². The van der Waals surface area contributed by atoms with Crippen LogP contribution >= 0.6 is 0 Å². The minimum atomic E-state index is -0.343. The van der Waals surface area contributed by atoms with E-state index in [-0.39, 0.29) is 18.3 Å². The Morgan fingerprint density at radius 3 is 2.84 bits per heavy atom. The van der Waals surface area contributed by atoms with E-state index in [1.165, 1.54) is 36.9 Å². The first-order chi connectivity index (χ1) is 9.24. The Bertz CT molecular complexity index is 511. The van der Waals surface area contributed by atoms with Crippen LogP contribution < -0.4 is 10.1 Å². The van der Waals surface area contributed by atoms with Crippen LogP contribution in [0.25, 0.3) is 0 Å². The molecule has 6 heteroatoms. The van der Waals surface area contributed by atoms with E-state index in [0.717, 1.165) is 5.69 Å². The molecule has 19 heavy (non-hydrogen) atoms. The van der Waals surface area contributed by atoms with E-state index in [2.05, 4.69) is 10.3 Å². The molecule has 0 saturated heterocycles. The molecule has 2 aromatic rings. The second-order valence-electron chi connectivity index (χ2n) is 3.82. The highest BCUT2D eigenvalue weighted by atomic mass is 19.1. The smallest absolute Gasteiger partial charge is 0.257 e. The number of hydrogen-bond acceptors (Lipinski definition) is 4. The molecule has 1 heterocycles. The molecule has 0 aliphatic heterocycles. The lowest BCUT2D eigenvalue weighted by atomic mass is 10.3. The fourth-order valence-electron chi connectivity index (χ4n) is 1.42. The molecule has 5 nitrogen and oxygen atoms in total. The maximum Gasteiger partial charge on any atom is 0.257 e. The van der Waals surface area contributed by atoms with Crippen LogP contribution in [0.3, 0.4) is 0 Å². The first kappa shape index (κ1) is 13.1. The minimum Gasteiger partial charge on any atom is -0.484 e. The van der Waals surface area contributed by atoms with Gasteiger partial charge < -0.3 is 14.5 Å². The van der Waals surface area contributed by atoms with E-state index in [1.54, 1.807) is 0 Å². The number of benzene rings is 1. The van der Waals surface area contributed by atoms with Gasteiger partial charge in [0, 0.05) is 13.0 Å². The van der Waals surface area contributed by atoms with Gasteiger partial charge >= 0.3 is 0 Å². The maximum absolute atomic E-state index is 12.6. The molecule has 1 aromatic carbocycles. The Kier molecular flexibility index (Phi) is 4.49. The van der Waals surface area contributed by atoms with Gasteiger partial charge in [-0.3, -0.25) is 4.79 Å². The summed E-state index contributed by atoms with van der Waals surface area (Å²) in [5.74, 6) is -0.134. The highest BCUT2D eigenvalue weighted by Gasteiger charge is 2.03. The van der Waals surface area contributed by atoms with Crippen LogP contribution in [0, 0.1) is 5.82 Å². The quantitative estimate of drug-likeness (QED) is 0.859. The van der Waals surface area contributed by atoms with E-state index in [1.807, 2.05) is 0 Å². The zero-order valence-electron chi connectivity index (χ0n) is 10.1. The topological polar surface area (TPSA) is 64.4 Å². The van der Waals surface area contributed by atoms with Crippen LogP contribution in [-0.2, 0) is 11.2 Å². The second kappa shape index (κ2) is 6.53. The monoisotopic (exact) mass is 264 g/mol. The molecular weight excluding hydrogens is 251 g/mol. The maximum atomic E-state index is 12.6. The van der Waals surface area contributed by atoms with Crippen molar-refractivity contribution < 1.29 is 18.3 Å². The second-order valence-corrected chi connectivity index (χ2v) is 3.82. The molecule has 0 aliphatic carbocycles. The lowest BCUT2D eigenvalue weighted by Crippen LogP contribution is -2.30. The lowest BCUT2D eigenvalue weighted by Gasteiger charge is -2.06. The zero-order chi connectivity index (χ0) is 13.5. The number of nitrogens with one attached hydrogen (secondary N) is 1. The first-order valence-corrected chi connectivity index (χ1v) is 5.76. The number of carbonyl (C=O) groups excluding carboxylic acids is 1. The average Bonchev–Trinajstić information content (AvgIpc) is 2.91. The Morgan fingerprint density at radius 1 is 1.37 bits per heavy atom. The van der Waals surface area contributed by atoms with Gasteiger partial charge in [0.25, 0.3) is 5.91 Å². The summed E-state index contributed by atoms with van der Waals surface area (Å²) in [4.78, 5) is 15.4. The summed E-state index contributed by atoms with van der Waals surface area (Å²) in [7, 11) is 0. The van der Waals surface area contributed by atoms with E-state index >= 15 is 0 Å². The number of aromatic nitrogens is 1. The molecule has 100 valence electrons. The number of carbonyl (C=O) groups is 1. The van der Waals surface area contributed by atoms with E-state index in [4.69, 9.17) is 9.15 Å². The number of ether oxygens (including phenoxy) is 1. The minimum absolute atomic E-state index is 0.107. The van der Waals surface area contributed by atoms with Gasteiger partial charge in [0.15, 0.2) is 13.0 Å². The van der Waals surface area contributed by atoms with E-state index < -0.39 is 0 Å². The Hall–Kier alpha value is -2.37. The standard InChI is InChI=1S/C13H13FN2O3/c14-10-1-3-12(4-2-10)19-8-13(17)15-6-5-11-7-18-9-16-11/h1-4,7,9H,5-6,8H2,(H,15,17). The van der Waals surface area contributed by atoms with E-state index in [0.29, 0.717) is 18.7 Å². The van der Waals surface area contributed by atoms with Crippen LogP contribution in [0.4, 0.5) is 4.39 Å². The first-order valence-electron chi connectivity index (χ1n) is 5.76. The van der Waals surface area contributed by atoms with Crippen molar-refractivity contribution in [3.8, 4) is 5.75 Å². The molecule has 0 radical (unpaired) electrons.